The Kier molecular flexibility index (Phi) is 8.12. The van der Waals surface area contributed by atoms with Gasteiger partial charge in [-0.2, -0.15) is 0 Å². The van der Waals surface area contributed by atoms with E-state index in [-0.39, 0.29) is 12.4 Å². The topological polar surface area (TPSA) is 26.3 Å². The van der Waals surface area contributed by atoms with Gasteiger partial charge in [0, 0.05) is 6.42 Å². The highest BCUT2D eigenvalue weighted by Gasteiger charge is 2.11. The van der Waals surface area contributed by atoms with Gasteiger partial charge >= 0.3 is 5.97 Å². The minimum absolute atomic E-state index is 0.172. The normalized spacial score (nSPS) is 17.7. The van der Waals surface area contributed by atoms with Gasteiger partial charge in [-0.25, -0.2) is 0 Å². The van der Waals surface area contributed by atoms with E-state index < -0.39 is 0 Å². The Bertz CT molecular complexity index is 193. The highest BCUT2D eigenvalue weighted by atomic mass is 16.5. The van der Waals surface area contributed by atoms with Crippen LogP contribution in [0, 0.1) is 12.8 Å². The molecule has 0 unspecified atom stereocenters. The molecule has 1 rings (SSSR count). The molecule has 0 aliphatic heterocycles. The van der Waals surface area contributed by atoms with Gasteiger partial charge in [-0.05, 0) is 19.3 Å². The highest BCUT2D eigenvalue weighted by Crippen LogP contribution is 2.26. The van der Waals surface area contributed by atoms with E-state index >= 15 is 0 Å². The minimum Gasteiger partial charge on any atom is -0.466 e. The fraction of sp³-hybridized carbons (Fsp3) is 0.867. The first-order valence-electron chi connectivity index (χ1n) is 7.28. The molecule has 0 saturated heterocycles. The summed E-state index contributed by atoms with van der Waals surface area (Å²) in [7, 11) is 0. The standard InChI is InChI=1S/C15H27O2/c1-2-15(16)17-13-9-5-8-12-14-10-6-3-4-7-11-14/h14H,1-13H2. The van der Waals surface area contributed by atoms with Crippen molar-refractivity contribution in [2.24, 2.45) is 5.92 Å². The molecule has 1 radical (unpaired) electrons. The minimum atomic E-state index is -0.172. The summed E-state index contributed by atoms with van der Waals surface area (Å²) < 4.78 is 5.00. The second-order valence-electron chi connectivity index (χ2n) is 5.18. The number of rotatable bonds is 7. The molecule has 99 valence electrons. The van der Waals surface area contributed by atoms with E-state index in [0.29, 0.717) is 6.61 Å². The molecule has 1 fully saturated rings. The Labute approximate surface area is 106 Å². The first kappa shape index (κ1) is 14.5. The van der Waals surface area contributed by atoms with Crippen LogP contribution in [-0.2, 0) is 9.53 Å². The quantitative estimate of drug-likeness (QED) is 0.376. The van der Waals surface area contributed by atoms with Gasteiger partial charge in [-0.1, -0.05) is 57.8 Å². The molecule has 1 saturated carbocycles. The fourth-order valence-corrected chi connectivity index (χ4v) is 2.62. The molecule has 0 N–H and O–H groups in total. The lowest BCUT2D eigenvalue weighted by atomic mass is 9.94. The number of unbranched alkanes of at least 4 members (excludes halogenated alkanes) is 2. The van der Waals surface area contributed by atoms with Gasteiger partial charge < -0.3 is 4.74 Å². The molecule has 0 amide bonds. The van der Waals surface area contributed by atoms with Gasteiger partial charge in [-0.15, -0.1) is 0 Å². The van der Waals surface area contributed by atoms with Crippen molar-refractivity contribution < 1.29 is 9.53 Å². The Hall–Kier alpha value is -0.530. The van der Waals surface area contributed by atoms with Gasteiger partial charge in [0.05, 0.1) is 6.61 Å². The number of hydrogen-bond acceptors (Lipinski definition) is 2. The largest absolute Gasteiger partial charge is 0.466 e. The molecule has 0 heterocycles. The van der Waals surface area contributed by atoms with Crippen LogP contribution in [0.2, 0.25) is 0 Å². The zero-order chi connectivity index (χ0) is 12.3. The molecular weight excluding hydrogens is 212 g/mol. The fourth-order valence-electron chi connectivity index (χ4n) is 2.62. The van der Waals surface area contributed by atoms with Crippen molar-refractivity contribution in [3.8, 4) is 0 Å². The number of carbonyl (C=O) groups is 1. The molecule has 0 spiro atoms. The predicted octanol–water partition coefficient (Wildman–Crippen LogP) is 4.28. The van der Waals surface area contributed by atoms with Crippen LogP contribution in [0.25, 0.3) is 0 Å². The van der Waals surface area contributed by atoms with E-state index in [4.69, 9.17) is 4.74 Å². The molecule has 2 heteroatoms. The van der Waals surface area contributed by atoms with Crippen molar-refractivity contribution in [3.63, 3.8) is 0 Å². The van der Waals surface area contributed by atoms with Gasteiger partial charge in [0.15, 0.2) is 0 Å². The molecule has 0 bridgehead atoms. The van der Waals surface area contributed by atoms with Gasteiger partial charge in [0.25, 0.3) is 0 Å². The average Bonchev–Trinajstić information content (AvgIpc) is 2.61. The maximum absolute atomic E-state index is 10.8. The molecule has 2 nitrogen and oxygen atoms in total. The molecule has 17 heavy (non-hydrogen) atoms. The number of esters is 1. The Balaban J connectivity index is 1.91. The van der Waals surface area contributed by atoms with Crippen LogP contribution in [0.5, 0.6) is 0 Å². The van der Waals surface area contributed by atoms with E-state index in [1.165, 1.54) is 57.8 Å². The van der Waals surface area contributed by atoms with Crippen molar-refractivity contribution in [1.29, 1.82) is 0 Å². The Morgan fingerprint density at radius 2 is 1.76 bits per heavy atom. The molecule has 0 aromatic carbocycles. The first-order chi connectivity index (χ1) is 8.33. The third-order valence-electron chi connectivity index (χ3n) is 3.70. The summed E-state index contributed by atoms with van der Waals surface area (Å²) in [6.07, 6.45) is 13.8. The van der Waals surface area contributed by atoms with E-state index in [9.17, 15) is 4.79 Å². The van der Waals surface area contributed by atoms with E-state index in [1.54, 1.807) is 0 Å². The maximum atomic E-state index is 10.8. The zero-order valence-electron chi connectivity index (χ0n) is 11.1. The Morgan fingerprint density at radius 3 is 2.41 bits per heavy atom. The van der Waals surface area contributed by atoms with Crippen molar-refractivity contribution >= 4 is 5.97 Å². The number of ether oxygens (including phenoxy) is 1. The van der Waals surface area contributed by atoms with Crippen LogP contribution in [0.1, 0.15) is 70.6 Å². The van der Waals surface area contributed by atoms with Crippen LogP contribution in [-0.4, -0.2) is 12.6 Å². The first-order valence-corrected chi connectivity index (χ1v) is 7.28. The zero-order valence-corrected chi connectivity index (χ0v) is 11.1. The second-order valence-corrected chi connectivity index (χ2v) is 5.18. The van der Waals surface area contributed by atoms with Crippen molar-refractivity contribution in [1.82, 2.24) is 0 Å². The summed E-state index contributed by atoms with van der Waals surface area (Å²) in [5, 5.41) is 0. The van der Waals surface area contributed by atoms with E-state index in [0.717, 1.165) is 12.3 Å². The second kappa shape index (κ2) is 9.49. The molecule has 0 aromatic rings. The smallest absolute Gasteiger partial charge is 0.305 e. The van der Waals surface area contributed by atoms with E-state index in [1.807, 2.05) is 0 Å². The SMILES string of the molecule is [CH2]CC(=O)OCCCCCC1CCCCCC1. The molecule has 0 aromatic heterocycles. The third-order valence-corrected chi connectivity index (χ3v) is 3.70. The predicted molar refractivity (Wildman–Crippen MR) is 70.6 cm³/mol. The van der Waals surface area contributed by atoms with Crippen molar-refractivity contribution in [2.75, 3.05) is 6.61 Å². The van der Waals surface area contributed by atoms with Crippen LogP contribution in [0.4, 0.5) is 0 Å². The van der Waals surface area contributed by atoms with Crippen LogP contribution < -0.4 is 0 Å². The molecule has 1 aliphatic rings. The number of carbonyl (C=O) groups excluding carboxylic acids is 1. The summed E-state index contributed by atoms with van der Waals surface area (Å²) in [5.74, 6) is 0.800. The number of hydrogen-bond donors (Lipinski definition) is 0. The van der Waals surface area contributed by atoms with Crippen LogP contribution in [0.3, 0.4) is 0 Å². The summed E-state index contributed by atoms with van der Waals surface area (Å²) in [4.78, 5) is 10.8. The highest BCUT2D eigenvalue weighted by molar-refractivity contribution is 5.69. The molecular formula is C15H27O2. The summed E-state index contributed by atoms with van der Waals surface area (Å²) in [6, 6.07) is 0. The average molecular weight is 239 g/mol. The summed E-state index contributed by atoms with van der Waals surface area (Å²) in [5.41, 5.74) is 0. The Morgan fingerprint density at radius 1 is 1.06 bits per heavy atom. The summed E-state index contributed by atoms with van der Waals surface area (Å²) in [6.45, 7) is 4.08. The molecule has 1 aliphatic carbocycles. The monoisotopic (exact) mass is 239 g/mol. The van der Waals surface area contributed by atoms with Crippen molar-refractivity contribution in [3.05, 3.63) is 6.92 Å². The molecule has 0 atom stereocenters. The summed E-state index contributed by atoms with van der Waals surface area (Å²) >= 11 is 0. The lowest BCUT2D eigenvalue weighted by Gasteiger charge is -2.13. The van der Waals surface area contributed by atoms with Gasteiger partial charge in [0.2, 0.25) is 0 Å². The van der Waals surface area contributed by atoms with Crippen LogP contribution in [0.15, 0.2) is 0 Å². The van der Waals surface area contributed by atoms with Crippen molar-refractivity contribution in [2.45, 2.75) is 70.6 Å². The maximum Gasteiger partial charge on any atom is 0.305 e. The lowest BCUT2D eigenvalue weighted by Crippen LogP contribution is -2.04. The van der Waals surface area contributed by atoms with Crippen LogP contribution >= 0.6 is 0 Å². The van der Waals surface area contributed by atoms with E-state index in [2.05, 4.69) is 6.92 Å². The lowest BCUT2D eigenvalue weighted by molar-refractivity contribution is -0.142. The third kappa shape index (κ3) is 7.40. The van der Waals surface area contributed by atoms with Gasteiger partial charge in [-0.3, -0.25) is 4.79 Å². The van der Waals surface area contributed by atoms with Gasteiger partial charge in [0.1, 0.15) is 0 Å².